The van der Waals surface area contributed by atoms with E-state index in [4.69, 9.17) is 10.8 Å². The van der Waals surface area contributed by atoms with Crippen LogP contribution in [0.1, 0.15) is 23.2 Å². The van der Waals surface area contributed by atoms with Gasteiger partial charge in [0, 0.05) is 17.2 Å². The quantitative estimate of drug-likeness (QED) is 0.889. The number of nitrogens with two attached hydrogens (primary N) is 1. The first-order valence-electron chi connectivity index (χ1n) is 4.33. The molecule has 0 unspecified atom stereocenters. The summed E-state index contributed by atoms with van der Waals surface area (Å²) in [4.78, 5) is 14.1. The second-order valence-corrected chi connectivity index (χ2v) is 3.83. The first-order chi connectivity index (χ1) is 7.47. The predicted molar refractivity (Wildman–Crippen MR) is 56.1 cm³/mol. The molecule has 0 aliphatic heterocycles. The Hall–Kier alpha value is -1.08. The molecule has 0 amide bonds. The van der Waals surface area contributed by atoms with Gasteiger partial charge in [-0.1, -0.05) is 0 Å². The monoisotopic (exact) mass is 294 g/mol. The number of carboxylic acids is 1. The molecule has 0 radical (unpaired) electrons. The van der Waals surface area contributed by atoms with Gasteiger partial charge in [-0.2, -0.15) is 0 Å². The third-order valence-corrected chi connectivity index (χ3v) is 2.88. The van der Waals surface area contributed by atoms with Crippen molar-refractivity contribution in [2.24, 2.45) is 5.73 Å². The van der Waals surface area contributed by atoms with Crippen LogP contribution < -0.4 is 5.73 Å². The lowest BCUT2D eigenvalue weighted by molar-refractivity contribution is -0.136. The molecule has 7 heteroatoms. The van der Waals surface area contributed by atoms with Crippen LogP contribution in [0.5, 0.6) is 0 Å². The molecule has 16 heavy (non-hydrogen) atoms. The van der Waals surface area contributed by atoms with Crippen molar-refractivity contribution < 1.29 is 18.7 Å². The molecule has 3 N–H and O–H groups in total. The van der Waals surface area contributed by atoms with Crippen LogP contribution in [0.4, 0.5) is 8.78 Å². The topological polar surface area (TPSA) is 76.2 Å². The van der Waals surface area contributed by atoms with E-state index in [1.165, 1.54) is 6.20 Å². The highest BCUT2D eigenvalue weighted by Gasteiger charge is 2.20. The lowest BCUT2D eigenvalue weighted by Gasteiger charge is -2.11. The molecule has 0 aromatic carbocycles. The van der Waals surface area contributed by atoms with Crippen molar-refractivity contribution in [2.75, 3.05) is 0 Å². The number of rotatable bonds is 4. The number of hydrogen-bond acceptors (Lipinski definition) is 3. The number of carboxylic acid groups (broad SMARTS) is 1. The second kappa shape index (κ2) is 5.31. The fourth-order valence-corrected chi connectivity index (χ4v) is 1.92. The van der Waals surface area contributed by atoms with Gasteiger partial charge in [-0.05, 0) is 27.1 Å². The average molecular weight is 295 g/mol. The van der Waals surface area contributed by atoms with Gasteiger partial charge in [0.05, 0.1) is 6.42 Å². The zero-order chi connectivity index (χ0) is 12.3. The lowest BCUT2D eigenvalue weighted by atomic mass is 10.1. The third-order valence-electron chi connectivity index (χ3n) is 1.99. The maximum atomic E-state index is 12.5. The van der Waals surface area contributed by atoms with Gasteiger partial charge in [0.15, 0.2) is 0 Å². The van der Waals surface area contributed by atoms with E-state index in [2.05, 4.69) is 20.9 Å². The summed E-state index contributed by atoms with van der Waals surface area (Å²) in [5.41, 5.74) is 5.61. The van der Waals surface area contributed by atoms with Crippen LogP contribution in [0.15, 0.2) is 10.7 Å². The van der Waals surface area contributed by atoms with Crippen molar-refractivity contribution in [3.05, 3.63) is 27.5 Å². The number of aliphatic carboxylic acids is 1. The summed E-state index contributed by atoms with van der Waals surface area (Å²) in [5, 5.41) is 8.67. The van der Waals surface area contributed by atoms with Crippen LogP contribution >= 0.6 is 15.9 Å². The molecule has 88 valence electrons. The highest BCUT2D eigenvalue weighted by molar-refractivity contribution is 9.10. The SMILES string of the molecule is NCc1cnc(C(F)F)c(Br)c1CC(=O)O. The molecule has 1 aromatic rings. The van der Waals surface area contributed by atoms with Crippen LogP contribution in [0, 0.1) is 0 Å². The average Bonchev–Trinajstić information content (AvgIpc) is 2.19. The highest BCUT2D eigenvalue weighted by atomic mass is 79.9. The van der Waals surface area contributed by atoms with E-state index in [-0.39, 0.29) is 23.0 Å². The summed E-state index contributed by atoms with van der Waals surface area (Å²) < 4.78 is 25.0. The maximum absolute atomic E-state index is 12.5. The minimum Gasteiger partial charge on any atom is -0.481 e. The molecule has 0 saturated carbocycles. The number of halogens is 3. The van der Waals surface area contributed by atoms with Crippen molar-refractivity contribution in [3.63, 3.8) is 0 Å². The molecule has 4 nitrogen and oxygen atoms in total. The minimum absolute atomic E-state index is 0.0212. The molecule has 0 bridgehead atoms. The first-order valence-corrected chi connectivity index (χ1v) is 5.12. The molecular weight excluding hydrogens is 286 g/mol. The van der Waals surface area contributed by atoms with Crippen LogP contribution in [0.3, 0.4) is 0 Å². The fourth-order valence-electron chi connectivity index (χ4n) is 1.25. The standard InChI is InChI=1S/C9H9BrF2N2O2/c10-7-5(1-6(15)16)4(2-13)3-14-8(7)9(11)12/h3,9H,1-2,13H2,(H,15,16). The summed E-state index contributed by atoms with van der Waals surface area (Å²) in [6.07, 6.45) is -1.94. The van der Waals surface area contributed by atoms with E-state index in [9.17, 15) is 13.6 Å². The van der Waals surface area contributed by atoms with Crippen LogP contribution in [-0.2, 0) is 17.8 Å². The molecule has 0 spiro atoms. The number of carbonyl (C=O) groups is 1. The van der Waals surface area contributed by atoms with Gasteiger partial charge in [-0.15, -0.1) is 0 Å². The van der Waals surface area contributed by atoms with Crippen LogP contribution in [-0.4, -0.2) is 16.1 Å². The summed E-state index contributed by atoms with van der Waals surface area (Å²) >= 11 is 2.94. The molecular formula is C9H9BrF2N2O2. The smallest absolute Gasteiger partial charge is 0.307 e. The van der Waals surface area contributed by atoms with E-state index >= 15 is 0 Å². The molecule has 1 rings (SSSR count). The van der Waals surface area contributed by atoms with Crippen LogP contribution in [0.25, 0.3) is 0 Å². The zero-order valence-corrected chi connectivity index (χ0v) is 9.67. The third kappa shape index (κ3) is 2.73. The second-order valence-electron chi connectivity index (χ2n) is 3.04. The molecule has 0 aliphatic rings. The molecule has 1 aromatic heterocycles. The zero-order valence-electron chi connectivity index (χ0n) is 8.08. The lowest BCUT2D eigenvalue weighted by Crippen LogP contribution is -2.10. The van der Waals surface area contributed by atoms with Gasteiger partial charge < -0.3 is 10.8 Å². The Morgan fingerprint density at radius 2 is 2.25 bits per heavy atom. The number of pyridine rings is 1. The van der Waals surface area contributed by atoms with Gasteiger partial charge >= 0.3 is 5.97 Å². The van der Waals surface area contributed by atoms with Gasteiger partial charge in [0.25, 0.3) is 6.43 Å². The minimum atomic E-state index is -2.76. The number of nitrogens with zero attached hydrogens (tertiary/aromatic N) is 1. The molecule has 0 fully saturated rings. The first kappa shape index (κ1) is 13.0. The summed E-state index contributed by atoms with van der Waals surface area (Å²) in [6.45, 7) is 0.0533. The van der Waals surface area contributed by atoms with Crippen LogP contribution in [0.2, 0.25) is 0 Å². The molecule has 0 aliphatic carbocycles. The van der Waals surface area contributed by atoms with Crippen molar-refractivity contribution in [1.29, 1.82) is 0 Å². The highest BCUT2D eigenvalue weighted by Crippen LogP contribution is 2.30. The van der Waals surface area contributed by atoms with Gasteiger partial charge in [0.1, 0.15) is 5.69 Å². The number of aromatic nitrogens is 1. The molecule has 0 atom stereocenters. The molecule has 0 saturated heterocycles. The normalized spacial score (nSPS) is 10.8. The van der Waals surface area contributed by atoms with Crippen molar-refractivity contribution >= 4 is 21.9 Å². The van der Waals surface area contributed by atoms with E-state index in [0.29, 0.717) is 5.56 Å². The van der Waals surface area contributed by atoms with Gasteiger partial charge in [-0.25, -0.2) is 8.78 Å². The fraction of sp³-hybridized carbons (Fsp3) is 0.333. The largest absolute Gasteiger partial charge is 0.481 e. The Morgan fingerprint density at radius 3 is 2.69 bits per heavy atom. The van der Waals surface area contributed by atoms with Crippen molar-refractivity contribution in [2.45, 2.75) is 19.4 Å². The Kier molecular flexibility index (Phi) is 4.31. The van der Waals surface area contributed by atoms with Gasteiger partial charge in [-0.3, -0.25) is 9.78 Å². The summed E-state index contributed by atoms with van der Waals surface area (Å²) in [6, 6.07) is 0. The van der Waals surface area contributed by atoms with E-state index in [1.54, 1.807) is 0 Å². The Morgan fingerprint density at radius 1 is 1.62 bits per heavy atom. The summed E-state index contributed by atoms with van der Waals surface area (Å²) in [5.74, 6) is -1.11. The van der Waals surface area contributed by atoms with Crippen molar-refractivity contribution in [1.82, 2.24) is 4.98 Å². The Labute approximate surface area is 98.6 Å². The number of hydrogen-bond donors (Lipinski definition) is 2. The van der Waals surface area contributed by atoms with E-state index in [0.717, 1.165) is 0 Å². The van der Waals surface area contributed by atoms with E-state index in [1.807, 2.05) is 0 Å². The van der Waals surface area contributed by atoms with Gasteiger partial charge in [0.2, 0.25) is 0 Å². The predicted octanol–water partition coefficient (Wildman–Crippen LogP) is 1.87. The molecule has 1 heterocycles. The Bertz CT molecular complexity index is 413. The van der Waals surface area contributed by atoms with E-state index < -0.39 is 18.1 Å². The number of alkyl halides is 2. The maximum Gasteiger partial charge on any atom is 0.307 e. The van der Waals surface area contributed by atoms with Crippen molar-refractivity contribution in [3.8, 4) is 0 Å². The Balaban J connectivity index is 3.28. The summed E-state index contributed by atoms with van der Waals surface area (Å²) in [7, 11) is 0.